The molecule has 0 bridgehead atoms. The number of anilines is 1. The molecular weight excluding hydrogens is 700 g/mol. The minimum absolute atomic E-state index is 0.0962. The van der Waals surface area contributed by atoms with Gasteiger partial charge in [-0.2, -0.15) is 5.26 Å². The van der Waals surface area contributed by atoms with Gasteiger partial charge in [0.25, 0.3) is 0 Å². The van der Waals surface area contributed by atoms with Crippen LogP contribution >= 0.6 is 11.6 Å². The molecule has 2 aromatic heterocycles. The maximum Gasteiger partial charge on any atom is 0.410 e. The fourth-order valence-electron chi connectivity index (χ4n) is 7.37. The average molecular weight is 745 g/mol. The van der Waals surface area contributed by atoms with Gasteiger partial charge in [-0.25, -0.2) is 14.6 Å². The van der Waals surface area contributed by atoms with Crippen LogP contribution in [0.2, 0.25) is 5.02 Å². The minimum Gasteiger partial charge on any atom is -0.444 e. The molecule has 11 nitrogen and oxygen atoms in total. The first-order valence-electron chi connectivity index (χ1n) is 18.4. The monoisotopic (exact) mass is 744 g/mol. The lowest BCUT2D eigenvalue weighted by Gasteiger charge is -2.41. The number of carbonyl (C=O) groups is 2. The number of halogens is 1. The molecule has 4 aromatic rings. The van der Waals surface area contributed by atoms with Crippen LogP contribution in [0.1, 0.15) is 67.0 Å². The third-order valence-electron chi connectivity index (χ3n) is 10.2. The lowest BCUT2D eigenvalue weighted by atomic mass is 9.93. The molecular formula is C42H45ClN8O3. The van der Waals surface area contributed by atoms with Crippen LogP contribution < -0.4 is 4.90 Å². The molecule has 54 heavy (non-hydrogen) atoms. The fraction of sp³-hybridized carbons (Fsp3) is 0.357. The van der Waals surface area contributed by atoms with E-state index in [9.17, 15) is 14.9 Å². The number of aromatic nitrogens is 3. The molecule has 2 aromatic carbocycles. The van der Waals surface area contributed by atoms with Gasteiger partial charge < -0.3 is 19.1 Å². The molecule has 1 fully saturated rings. The van der Waals surface area contributed by atoms with Crippen LogP contribution in [0.25, 0.3) is 11.6 Å². The van der Waals surface area contributed by atoms with Crippen molar-refractivity contribution in [3.05, 3.63) is 124 Å². The summed E-state index contributed by atoms with van der Waals surface area (Å²) in [6.45, 7) is 11.8. The van der Waals surface area contributed by atoms with E-state index < -0.39 is 5.60 Å². The van der Waals surface area contributed by atoms with E-state index >= 15 is 0 Å². The Hall–Kier alpha value is -5.44. The summed E-state index contributed by atoms with van der Waals surface area (Å²) < 4.78 is 7.71. The highest BCUT2D eigenvalue weighted by Crippen LogP contribution is 2.41. The van der Waals surface area contributed by atoms with Crippen molar-refractivity contribution < 1.29 is 14.3 Å². The molecule has 1 atom stereocenters. The summed E-state index contributed by atoms with van der Waals surface area (Å²) in [4.78, 5) is 44.4. The number of benzene rings is 2. The number of hydrogen-bond acceptors (Lipinski definition) is 7. The van der Waals surface area contributed by atoms with E-state index in [2.05, 4.69) is 44.8 Å². The maximum atomic E-state index is 14.5. The Kier molecular flexibility index (Phi) is 10.6. The molecule has 1 saturated heterocycles. The molecule has 12 heteroatoms. The van der Waals surface area contributed by atoms with Gasteiger partial charge in [0.1, 0.15) is 11.4 Å². The molecule has 0 N–H and O–H groups in total. The second-order valence-electron chi connectivity index (χ2n) is 15.0. The Morgan fingerprint density at radius 2 is 1.78 bits per heavy atom. The number of allylic oxidation sites excluding steroid dienone is 1. The van der Waals surface area contributed by atoms with Crippen molar-refractivity contribution in [3.8, 4) is 6.07 Å². The minimum atomic E-state index is -0.572. The van der Waals surface area contributed by atoms with E-state index in [1.807, 2.05) is 81.5 Å². The summed E-state index contributed by atoms with van der Waals surface area (Å²) in [6, 6.07) is 19.3. The summed E-state index contributed by atoms with van der Waals surface area (Å²) in [7, 11) is 0. The van der Waals surface area contributed by atoms with Gasteiger partial charge in [-0.1, -0.05) is 35.4 Å². The number of aryl methyl sites for hydroxylation is 1. The van der Waals surface area contributed by atoms with Crippen LogP contribution in [0.4, 0.5) is 15.3 Å². The molecule has 1 aliphatic carbocycles. The number of carbonyl (C=O) groups excluding carboxylic acids is 2. The molecule has 7 rings (SSSR count). The van der Waals surface area contributed by atoms with Gasteiger partial charge in [-0.15, -0.1) is 0 Å². The summed E-state index contributed by atoms with van der Waals surface area (Å²) in [5.74, 6) is 0.935. The van der Waals surface area contributed by atoms with Crippen molar-refractivity contribution in [2.75, 3.05) is 50.7 Å². The first kappa shape index (κ1) is 36.9. The number of rotatable bonds is 6. The molecule has 3 amide bonds. The Morgan fingerprint density at radius 3 is 2.44 bits per heavy atom. The zero-order valence-corrected chi connectivity index (χ0v) is 32.0. The summed E-state index contributed by atoms with van der Waals surface area (Å²) in [5, 5.41) is 10.1. The number of fused-ring (bicyclic) bond motifs is 2. The second kappa shape index (κ2) is 15.5. The van der Waals surface area contributed by atoms with Crippen molar-refractivity contribution >= 4 is 41.1 Å². The predicted octanol–water partition coefficient (Wildman–Crippen LogP) is 7.57. The van der Waals surface area contributed by atoms with Crippen molar-refractivity contribution in [3.63, 3.8) is 0 Å². The van der Waals surface area contributed by atoms with E-state index in [0.717, 1.165) is 45.0 Å². The van der Waals surface area contributed by atoms with Gasteiger partial charge in [-0.3, -0.25) is 14.8 Å². The number of imidazole rings is 1. The standard InChI is InChI=1S/C42H45ClN8O3/c1-29-45-16-19-50(29)28-33-24-32-6-5-15-46-38(32)39(36-12-9-34(43)25-37(33)36)47-20-22-48(23-21-47)40(52)51(35-10-7-30(26-44)8-11-35)27-31-13-17-49(18-14-31)41(53)54-42(2,3)4/h5-13,15-16,19,24-25,39H,14,17-18,20-23,27-28H2,1-4H3. The van der Waals surface area contributed by atoms with Crippen LogP contribution in [-0.2, 0) is 11.3 Å². The highest BCUT2D eigenvalue weighted by Gasteiger charge is 2.35. The van der Waals surface area contributed by atoms with Gasteiger partial charge >= 0.3 is 12.1 Å². The second-order valence-corrected chi connectivity index (χ2v) is 15.4. The number of nitrogens with zero attached hydrogens (tertiary/aromatic N) is 8. The van der Waals surface area contributed by atoms with Crippen molar-refractivity contribution in [2.24, 2.45) is 0 Å². The normalized spacial score (nSPS) is 17.4. The molecule has 3 aliphatic rings. The van der Waals surface area contributed by atoms with Crippen LogP contribution in [0.5, 0.6) is 0 Å². The molecule has 0 radical (unpaired) electrons. The smallest absolute Gasteiger partial charge is 0.410 e. The van der Waals surface area contributed by atoms with Crippen molar-refractivity contribution in [2.45, 2.75) is 52.3 Å². The number of nitriles is 1. The van der Waals surface area contributed by atoms with Gasteiger partial charge in [0.05, 0.1) is 23.4 Å². The maximum absolute atomic E-state index is 14.5. The highest BCUT2D eigenvalue weighted by molar-refractivity contribution is 6.30. The highest BCUT2D eigenvalue weighted by atomic mass is 35.5. The predicted molar refractivity (Wildman–Crippen MR) is 210 cm³/mol. The number of pyridine rings is 1. The largest absolute Gasteiger partial charge is 0.444 e. The zero-order chi connectivity index (χ0) is 38.0. The van der Waals surface area contributed by atoms with Crippen LogP contribution in [0, 0.1) is 18.3 Å². The Bertz CT molecular complexity index is 2140. The topological polar surface area (TPSA) is 111 Å². The SMILES string of the molecule is Cc1nccn1CC1=Cc2cccnc2C(N2CCN(C(=O)N(CC3=CCN(C(=O)OC(C)(C)C)CC3)c3ccc(C#N)cc3)CC2)c2ccc(Cl)cc21. The Morgan fingerprint density at radius 1 is 1.00 bits per heavy atom. The molecule has 4 heterocycles. The van der Waals surface area contributed by atoms with E-state index in [-0.39, 0.29) is 18.2 Å². The first-order chi connectivity index (χ1) is 26.0. The molecule has 0 spiro atoms. The van der Waals surface area contributed by atoms with Crippen molar-refractivity contribution in [1.82, 2.24) is 29.2 Å². The Balaban J connectivity index is 1.12. The van der Waals surface area contributed by atoms with Gasteiger partial charge in [0, 0.05) is 81.7 Å². The molecule has 1 unspecified atom stereocenters. The quantitative estimate of drug-likeness (QED) is 0.187. The van der Waals surface area contributed by atoms with Crippen LogP contribution in [-0.4, -0.2) is 92.8 Å². The molecule has 278 valence electrons. The fourth-order valence-corrected chi connectivity index (χ4v) is 7.54. The van der Waals surface area contributed by atoms with E-state index in [4.69, 9.17) is 21.3 Å². The average Bonchev–Trinajstić information content (AvgIpc) is 3.52. The van der Waals surface area contributed by atoms with E-state index in [1.165, 1.54) is 0 Å². The Labute approximate surface area is 321 Å². The van der Waals surface area contributed by atoms with E-state index in [1.54, 1.807) is 21.9 Å². The first-order valence-corrected chi connectivity index (χ1v) is 18.7. The number of amides is 3. The summed E-state index contributed by atoms with van der Waals surface area (Å²) in [6.07, 6.45) is 10.2. The lowest BCUT2D eigenvalue weighted by Crippen LogP contribution is -2.54. The van der Waals surface area contributed by atoms with Crippen LogP contribution in [0.3, 0.4) is 0 Å². The summed E-state index contributed by atoms with van der Waals surface area (Å²) >= 11 is 6.65. The van der Waals surface area contributed by atoms with Gasteiger partial charge in [0.2, 0.25) is 0 Å². The number of hydrogen-bond donors (Lipinski definition) is 0. The van der Waals surface area contributed by atoms with Crippen LogP contribution in [0.15, 0.2) is 84.8 Å². The van der Waals surface area contributed by atoms with E-state index in [0.29, 0.717) is 69.4 Å². The lowest BCUT2D eigenvalue weighted by molar-refractivity contribution is 0.0265. The molecule has 2 aliphatic heterocycles. The third-order valence-corrected chi connectivity index (χ3v) is 10.4. The summed E-state index contributed by atoms with van der Waals surface area (Å²) in [5.41, 5.74) is 7.11. The number of piperazine rings is 1. The van der Waals surface area contributed by atoms with Crippen molar-refractivity contribution in [1.29, 1.82) is 5.26 Å². The van der Waals surface area contributed by atoms with Gasteiger partial charge in [0.15, 0.2) is 0 Å². The third kappa shape index (κ3) is 8.05. The number of ether oxygens (including phenoxy) is 1. The molecule has 0 saturated carbocycles. The van der Waals surface area contributed by atoms with Gasteiger partial charge in [-0.05, 0) is 105 Å². The zero-order valence-electron chi connectivity index (χ0n) is 31.2. The number of urea groups is 1.